The quantitative estimate of drug-likeness (QED) is 0.389. The van der Waals surface area contributed by atoms with E-state index in [2.05, 4.69) is 5.32 Å². The molecule has 1 heterocycles. The van der Waals surface area contributed by atoms with Crippen LogP contribution in [0.5, 0.6) is 0 Å². The van der Waals surface area contributed by atoms with Crippen LogP contribution in [0.4, 0.5) is 8.78 Å². The predicted molar refractivity (Wildman–Crippen MR) is 29.8 cm³/mol. The van der Waals surface area contributed by atoms with Crippen molar-refractivity contribution in [3.63, 3.8) is 0 Å². The van der Waals surface area contributed by atoms with Crippen LogP contribution >= 0.6 is 0 Å². The molecular weight excluding hydrogens is 144 g/mol. The Bertz CT molecular complexity index is 119. The molecule has 0 aromatic heterocycles. The van der Waals surface area contributed by atoms with Gasteiger partial charge < -0.3 is 15.5 Å². The van der Waals surface area contributed by atoms with Gasteiger partial charge in [0.2, 0.25) is 5.79 Å². The molecule has 60 valence electrons. The molecule has 0 bridgehead atoms. The molecule has 1 saturated heterocycles. The standard InChI is InChI=1S/C5H9F2NO2/c6-3-1-8-2-4(7)5(3,9)10/h3-4,8-10H,1-2H2. The fourth-order valence-corrected chi connectivity index (χ4v) is 0.833. The molecule has 0 saturated carbocycles. The van der Waals surface area contributed by atoms with Gasteiger partial charge in [-0.15, -0.1) is 0 Å². The molecule has 0 amide bonds. The van der Waals surface area contributed by atoms with Gasteiger partial charge in [-0.2, -0.15) is 0 Å². The third kappa shape index (κ3) is 1.12. The van der Waals surface area contributed by atoms with Gasteiger partial charge in [-0.25, -0.2) is 8.78 Å². The minimum Gasteiger partial charge on any atom is -0.361 e. The van der Waals surface area contributed by atoms with Crippen molar-refractivity contribution in [3.05, 3.63) is 0 Å². The van der Waals surface area contributed by atoms with E-state index in [0.717, 1.165) is 0 Å². The van der Waals surface area contributed by atoms with Crippen LogP contribution in [-0.4, -0.2) is 41.4 Å². The smallest absolute Gasteiger partial charge is 0.229 e. The van der Waals surface area contributed by atoms with Crippen molar-refractivity contribution in [2.75, 3.05) is 13.1 Å². The number of hydrogen-bond donors (Lipinski definition) is 3. The van der Waals surface area contributed by atoms with Gasteiger partial charge in [0, 0.05) is 13.1 Å². The first-order valence-corrected chi connectivity index (χ1v) is 2.98. The van der Waals surface area contributed by atoms with Crippen LogP contribution in [0.15, 0.2) is 0 Å². The molecule has 0 aromatic rings. The maximum absolute atomic E-state index is 12.4. The van der Waals surface area contributed by atoms with Gasteiger partial charge in [-0.05, 0) is 0 Å². The van der Waals surface area contributed by atoms with Crippen molar-refractivity contribution in [1.29, 1.82) is 0 Å². The predicted octanol–water partition coefficient (Wildman–Crippen LogP) is -1.05. The third-order valence-electron chi connectivity index (χ3n) is 1.57. The van der Waals surface area contributed by atoms with Crippen molar-refractivity contribution >= 4 is 0 Å². The fraction of sp³-hybridized carbons (Fsp3) is 1.00. The Labute approximate surface area is 56.7 Å². The van der Waals surface area contributed by atoms with Crippen molar-refractivity contribution < 1.29 is 19.0 Å². The van der Waals surface area contributed by atoms with Gasteiger partial charge in [0.15, 0.2) is 12.3 Å². The van der Waals surface area contributed by atoms with E-state index in [4.69, 9.17) is 10.2 Å². The lowest BCUT2D eigenvalue weighted by molar-refractivity contribution is -0.249. The Morgan fingerprint density at radius 3 is 1.90 bits per heavy atom. The topological polar surface area (TPSA) is 52.5 Å². The van der Waals surface area contributed by atoms with E-state index in [1.807, 2.05) is 0 Å². The molecule has 0 spiro atoms. The van der Waals surface area contributed by atoms with E-state index < -0.39 is 18.1 Å². The van der Waals surface area contributed by atoms with E-state index in [9.17, 15) is 8.78 Å². The van der Waals surface area contributed by atoms with Crippen LogP contribution in [0, 0.1) is 0 Å². The molecule has 2 unspecified atom stereocenters. The average Bonchev–Trinajstić information content (AvgIpc) is 1.84. The van der Waals surface area contributed by atoms with Crippen molar-refractivity contribution in [3.8, 4) is 0 Å². The van der Waals surface area contributed by atoms with Crippen LogP contribution < -0.4 is 5.32 Å². The summed E-state index contributed by atoms with van der Waals surface area (Å²) in [5.74, 6) is -2.80. The molecule has 2 atom stereocenters. The second-order valence-electron chi connectivity index (χ2n) is 2.38. The zero-order valence-electron chi connectivity index (χ0n) is 5.22. The molecule has 0 aromatic carbocycles. The zero-order valence-corrected chi connectivity index (χ0v) is 5.22. The number of aliphatic hydroxyl groups is 2. The highest BCUT2D eigenvalue weighted by Gasteiger charge is 2.46. The summed E-state index contributed by atoms with van der Waals surface area (Å²) < 4.78 is 24.8. The fourth-order valence-electron chi connectivity index (χ4n) is 0.833. The largest absolute Gasteiger partial charge is 0.361 e. The first kappa shape index (κ1) is 7.84. The van der Waals surface area contributed by atoms with Crippen molar-refractivity contribution in [2.24, 2.45) is 0 Å². The first-order chi connectivity index (χ1) is 4.55. The maximum Gasteiger partial charge on any atom is 0.229 e. The van der Waals surface area contributed by atoms with Crippen LogP contribution in [0.2, 0.25) is 0 Å². The zero-order chi connectivity index (χ0) is 7.78. The van der Waals surface area contributed by atoms with E-state index in [1.165, 1.54) is 0 Å². The summed E-state index contributed by atoms with van der Waals surface area (Å²) in [7, 11) is 0. The van der Waals surface area contributed by atoms with E-state index in [1.54, 1.807) is 0 Å². The Hall–Kier alpha value is -0.260. The number of alkyl halides is 2. The van der Waals surface area contributed by atoms with Gasteiger partial charge in [0.25, 0.3) is 0 Å². The van der Waals surface area contributed by atoms with Crippen LogP contribution in [0.25, 0.3) is 0 Å². The number of rotatable bonds is 0. The minimum atomic E-state index is -2.80. The van der Waals surface area contributed by atoms with Crippen molar-refractivity contribution in [2.45, 2.75) is 18.1 Å². The van der Waals surface area contributed by atoms with E-state index >= 15 is 0 Å². The summed E-state index contributed by atoms with van der Waals surface area (Å²) >= 11 is 0. The molecule has 3 N–H and O–H groups in total. The third-order valence-corrected chi connectivity index (χ3v) is 1.57. The normalized spacial score (nSPS) is 39.6. The van der Waals surface area contributed by atoms with Gasteiger partial charge >= 0.3 is 0 Å². The van der Waals surface area contributed by atoms with Crippen LogP contribution in [0.3, 0.4) is 0 Å². The second kappa shape index (κ2) is 2.41. The number of hydrogen-bond acceptors (Lipinski definition) is 3. The monoisotopic (exact) mass is 153 g/mol. The summed E-state index contributed by atoms with van der Waals surface area (Å²) in [5.41, 5.74) is 0. The van der Waals surface area contributed by atoms with Crippen LogP contribution in [-0.2, 0) is 0 Å². The molecule has 1 aliphatic heterocycles. The summed E-state index contributed by atoms with van der Waals surface area (Å²) in [5, 5.41) is 19.7. The highest BCUT2D eigenvalue weighted by molar-refractivity contribution is 4.90. The summed E-state index contributed by atoms with van der Waals surface area (Å²) in [6, 6.07) is 0. The summed E-state index contributed by atoms with van der Waals surface area (Å²) in [6.45, 7) is -0.430. The molecule has 5 heteroatoms. The second-order valence-corrected chi connectivity index (χ2v) is 2.38. The molecule has 10 heavy (non-hydrogen) atoms. The SMILES string of the molecule is OC1(O)C(F)CNCC1F. The van der Waals surface area contributed by atoms with Gasteiger partial charge in [-0.1, -0.05) is 0 Å². The Morgan fingerprint density at radius 2 is 1.60 bits per heavy atom. The highest BCUT2D eigenvalue weighted by Crippen LogP contribution is 2.20. The van der Waals surface area contributed by atoms with E-state index in [-0.39, 0.29) is 13.1 Å². The maximum atomic E-state index is 12.4. The van der Waals surface area contributed by atoms with Gasteiger partial charge in [0.05, 0.1) is 0 Å². The van der Waals surface area contributed by atoms with E-state index in [0.29, 0.717) is 0 Å². The molecule has 1 fully saturated rings. The lowest BCUT2D eigenvalue weighted by atomic mass is 10.0. The van der Waals surface area contributed by atoms with Gasteiger partial charge in [0.1, 0.15) is 0 Å². The van der Waals surface area contributed by atoms with Crippen molar-refractivity contribution in [1.82, 2.24) is 5.32 Å². The number of halogens is 2. The first-order valence-electron chi connectivity index (χ1n) is 2.98. The lowest BCUT2D eigenvalue weighted by Gasteiger charge is -2.33. The average molecular weight is 153 g/mol. The molecule has 1 rings (SSSR count). The molecule has 1 aliphatic rings. The molecule has 0 radical (unpaired) electrons. The molecule has 3 nitrogen and oxygen atoms in total. The molecule has 0 aliphatic carbocycles. The summed E-state index contributed by atoms with van der Waals surface area (Å²) in [6.07, 6.45) is -3.90. The molecular formula is C5H9F2NO2. The highest BCUT2D eigenvalue weighted by atomic mass is 19.1. The number of nitrogens with one attached hydrogen (secondary N) is 1. The number of piperidine rings is 1. The Kier molecular flexibility index (Phi) is 1.89. The van der Waals surface area contributed by atoms with Gasteiger partial charge in [-0.3, -0.25) is 0 Å². The Balaban J connectivity index is 2.63. The lowest BCUT2D eigenvalue weighted by Crippen LogP contribution is -2.60. The minimum absolute atomic E-state index is 0.215. The Morgan fingerprint density at radius 1 is 1.20 bits per heavy atom. The summed E-state index contributed by atoms with van der Waals surface area (Å²) in [4.78, 5) is 0. The van der Waals surface area contributed by atoms with Crippen LogP contribution in [0.1, 0.15) is 0 Å².